The van der Waals surface area contributed by atoms with E-state index < -0.39 is 0 Å². The number of anilines is 1. The molecule has 2 heterocycles. The average molecular weight is 219 g/mol. The zero-order valence-electron chi connectivity index (χ0n) is 10.2. The third kappa shape index (κ3) is 2.95. The van der Waals surface area contributed by atoms with Crippen molar-refractivity contribution in [1.29, 1.82) is 0 Å². The van der Waals surface area contributed by atoms with E-state index >= 15 is 0 Å². The number of nitrogens with zero attached hydrogens (tertiary/aromatic N) is 2. The second-order valence-corrected chi connectivity index (χ2v) is 4.79. The van der Waals surface area contributed by atoms with Gasteiger partial charge in [-0.1, -0.05) is 6.07 Å². The third-order valence-electron chi connectivity index (χ3n) is 3.22. The molecule has 0 saturated carbocycles. The van der Waals surface area contributed by atoms with Crippen molar-refractivity contribution in [3.63, 3.8) is 0 Å². The molecule has 1 unspecified atom stereocenters. The highest BCUT2D eigenvalue weighted by Gasteiger charge is 2.15. The van der Waals surface area contributed by atoms with E-state index in [9.17, 15) is 0 Å². The Labute approximate surface area is 97.9 Å². The molecule has 0 radical (unpaired) electrons. The fraction of sp³-hybridized carbons (Fsp3) is 0.615. The van der Waals surface area contributed by atoms with Crippen LogP contribution in [-0.2, 0) is 0 Å². The standard InChI is InChI=1S/C13H21N3/c1-11-5-6-13(15-8-11)16(2)10-12-4-3-7-14-9-12/h5-6,8,12,14H,3-4,7,9-10H2,1-2H3. The minimum Gasteiger partial charge on any atom is -0.359 e. The minimum atomic E-state index is 0.766. The first kappa shape index (κ1) is 11.4. The van der Waals surface area contributed by atoms with E-state index in [0.29, 0.717) is 0 Å². The number of piperidine rings is 1. The van der Waals surface area contributed by atoms with Crippen LogP contribution in [-0.4, -0.2) is 31.7 Å². The number of aryl methyl sites for hydroxylation is 1. The Hall–Kier alpha value is -1.09. The van der Waals surface area contributed by atoms with Crippen molar-refractivity contribution in [2.75, 3.05) is 31.6 Å². The van der Waals surface area contributed by atoms with Crippen LogP contribution in [0.3, 0.4) is 0 Å². The molecular weight excluding hydrogens is 198 g/mol. The molecule has 0 aromatic carbocycles. The van der Waals surface area contributed by atoms with Gasteiger partial charge in [0.25, 0.3) is 0 Å². The molecular formula is C13H21N3. The quantitative estimate of drug-likeness (QED) is 0.840. The smallest absolute Gasteiger partial charge is 0.128 e. The van der Waals surface area contributed by atoms with Crippen LogP contribution in [0.2, 0.25) is 0 Å². The Balaban J connectivity index is 1.91. The molecule has 0 amide bonds. The third-order valence-corrected chi connectivity index (χ3v) is 3.22. The van der Waals surface area contributed by atoms with Crippen LogP contribution < -0.4 is 10.2 Å². The van der Waals surface area contributed by atoms with E-state index in [1.54, 1.807) is 0 Å². The lowest BCUT2D eigenvalue weighted by Gasteiger charge is -2.28. The van der Waals surface area contributed by atoms with Crippen LogP contribution in [0.4, 0.5) is 5.82 Å². The highest BCUT2D eigenvalue weighted by atomic mass is 15.2. The molecule has 0 spiro atoms. The van der Waals surface area contributed by atoms with Crippen molar-refractivity contribution in [2.24, 2.45) is 5.92 Å². The second kappa shape index (κ2) is 5.30. The summed E-state index contributed by atoms with van der Waals surface area (Å²) in [7, 11) is 2.13. The van der Waals surface area contributed by atoms with Crippen molar-refractivity contribution in [1.82, 2.24) is 10.3 Å². The van der Waals surface area contributed by atoms with Gasteiger partial charge in [0.2, 0.25) is 0 Å². The monoisotopic (exact) mass is 219 g/mol. The van der Waals surface area contributed by atoms with Crippen molar-refractivity contribution in [2.45, 2.75) is 19.8 Å². The molecule has 1 atom stereocenters. The van der Waals surface area contributed by atoms with E-state index in [0.717, 1.165) is 24.8 Å². The zero-order chi connectivity index (χ0) is 11.4. The van der Waals surface area contributed by atoms with E-state index in [2.05, 4.69) is 41.3 Å². The summed E-state index contributed by atoms with van der Waals surface area (Å²) in [5.41, 5.74) is 1.22. The average Bonchev–Trinajstić information content (AvgIpc) is 2.31. The van der Waals surface area contributed by atoms with Crippen molar-refractivity contribution in [3.8, 4) is 0 Å². The molecule has 1 N–H and O–H groups in total. The van der Waals surface area contributed by atoms with Gasteiger partial charge in [-0.3, -0.25) is 0 Å². The Bertz CT molecular complexity index is 314. The predicted molar refractivity (Wildman–Crippen MR) is 67.8 cm³/mol. The normalized spacial score (nSPS) is 20.8. The Morgan fingerprint density at radius 1 is 1.50 bits per heavy atom. The molecule has 1 fully saturated rings. The van der Waals surface area contributed by atoms with Crippen LogP contribution in [0.15, 0.2) is 18.3 Å². The predicted octanol–water partition coefficient (Wildman–Crippen LogP) is 1.83. The van der Waals surface area contributed by atoms with Crippen LogP contribution >= 0.6 is 0 Å². The molecule has 0 aliphatic carbocycles. The van der Waals surface area contributed by atoms with Crippen LogP contribution in [0.1, 0.15) is 18.4 Å². The van der Waals surface area contributed by atoms with E-state index in [1.165, 1.54) is 24.9 Å². The molecule has 3 heteroatoms. The maximum absolute atomic E-state index is 4.45. The molecule has 1 aliphatic rings. The summed E-state index contributed by atoms with van der Waals surface area (Å²) in [5, 5.41) is 3.45. The molecule has 1 aromatic heterocycles. The summed E-state index contributed by atoms with van der Waals surface area (Å²) in [6.45, 7) is 5.50. The van der Waals surface area contributed by atoms with Crippen LogP contribution in [0, 0.1) is 12.8 Å². The lowest BCUT2D eigenvalue weighted by atomic mass is 9.99. The van der Waals surface area contributed by atoms with Crippen LogP contribution in [0.25, 0.3) is 0 Å². The summed E-state index contributed by atoms with van der Waals surface area (Å²) >= 11 is 0. The number of hydrogen-bond acceptors (Lipinski definition) is 3. The summed E-state index contributed by atoms with van der Waals surface area (Å²) in [6, 6.07) is 4.23. The number of hydrogen-bond donors (Lipinski definition) is 1. The molecule has 16 heavy (non-hydrogen) atoms. The van der Waals surface area contributed by atoms with Gasteiger partial charge in [0, 0.05) is 19.8 Å². The molecule has 1 saturated heterocycles. The highest BCUT2D eigenvalue weighted by Crippen LogP contribution is 2.15. The van der Waals surface area contributed by atoms with Gasteiger partial charge in [0.05, 0.1) is 0 Å². The summed E-state index contributed by atoms with van der Waals surface area (Å²) in [5.74, 6) is 1.85. The Kier molecular flexibility index (Phi) is 3.78. The number of nitrogens with one attached hydrogen (secondary N) is 1. The summed E-state index contributed by atoms with van der Waals surface area (Å²) in [4.78, 5) is 6.71. The second-order valence-electron chi connectivity index (χ2n) is 4.79. The van der Waals surface area contributed by atoms with Gasteiger partial charge < -0.3 is 10.2 Å². The van der Waals surface area contributed by atoms with Gasteiger partial charge in [0.1, 0.15) is 5.82 Å². The van der Waals surface area contributed by atoms with Gasteiger partial charge in [0.15, 0.2) is 0 Å². The Morgan fingerprint density at radius 2 is 2.38 bits per heavy atom. The van der Waals surface area contributed by atoms with Gasteiger partial charge in [-0.15, -0.1) is 0 Å². The van der Waals surface area contributed by atoms with Gasteiger partial charge in [-0.05, 0) is 50.4 Å². The molecule has 1 aromatic rings. The summed E-state index contributed by atoms with van der Waals surface area (Å²) in [6.07, 6.45) is 4.58. The van der Waals surface area contributed by atoms with Crippen molar-refractivity contribution >= 4 is 5.82 Å². The zero-order valence-corrected chi connectivity index (χ0v) is 10.2. The van der Waals surface area contributed by atoms with Gasteiger partial charge >= 0.3 is 0 Å². The SMILES string of the molecule is Cc1ccc(N(C)CC2CCCNC2)nc1. The lowest BCUT2D eigenvalue weighted by molar-refractivity contribution is 0.380. The van der Waals surface area contributed by atoms with Crippen molar-refractivity contribution in [3.05, 3.63) is 23.9 Å². The molecule has 1 aliphatic heterocycles. The maximum atomic E-state index is 4.45. The summed E-state index contributed by atoms with van der Waals surface area (Å²) < 4.78 is 0. The fourth-order valence-corrected chi connectivity index (χ4v) is 2.25. The molecule has 3 nitrogen and oxygen atoms in total. The van der Waals surface area contributed by atoms with E-state index in [-0.39, 0.29) is 0 Å². The van der Waals surface area contributed by atoms with Gasteiger partial charge in [-0.2, -0.15) is 0 Å². The first-order chi connectivity index (χ1) is 7.75. The fourth-order valence-electron chi connectivity index (χ4n) is 2.25. The number of pyridine rings is 1. The maximum Gasteiger partial charge on any atom is 0.128 e. The molecule has 88 valence electrons. The minimum absolute atomic E-state index is 0.766. The first-order valence-corrected chi connectivity index (χ1v) is 6.10. The van der Waals surface area contributed by atoms with Gasteiger partial charge in [-0.25, -0.2) is 4.98 Å². The van der Waals surface area contributed by atoms with Crippen LogP contribution in [0.5, 0.6) is 0 Å². The Morgan fingerprint density at radius 3 is 3.00 bits per heavy atom. The highest BCUT2D eigenvalue weighted by molar-refractivity contribution is 5.38. The van der Waals surface area contributed by atoms with E-state index in [4.69, 9.17) is 0 Å². The topological polar surface area (TPSA) is 28.2 Å². The van der Waals surface area contributed by atoms with Crippen molar-refractivity contribution < 1.29 is 0 Å². The largest absolute Gasteiger partial charge is 0.359 e. The first-order valence-electron chi connectivity index (χ1n) is 6.10. The molecule has 2 rings (SSSR count). The number of rotatable bonds is 3. The lowest BCUT2D eigenvalue weighted by Crippen LogP contribution is -2.37. The van der Waals surface area contributed by atoms with E-state index in [1.807, 2.05) is 6.20 Å². The number of aromatic nitrogens is 1. The molecule has 0 bridgehead atoms.